The van der Waals surface area contributed by atoms with Gasteiger partial charge in [-0.2, -0.15) is 0 Å². The van der Waals surface area contributed by atoms with Gasteiger partial charge < -0.3 is 14.2 Å². The van der Waals surface area contributed by atoms with Crippen molar-refractivity contribution >= 4 is 17.8 Å². The van der Waals surface area contributed by atoms with Gasteiger partial charge in [0.25, 0.3) is 0 Å². The molecule has 0 N–H and O–H groups in total. The van der Waals surface area contributed by atoms with E-state index in [-0.39, 0.29) is 28.9 Å². The summed E-state index contributed by atoms with van der Waals surface area (Å²) < 4.78 is 16.4. The van der Waals surface area contributed by atoms with Gasteiger partial charge in [0.05, 0.1) is 19.3 Å². The summed E-state index contributed by atoms with van der Waals surface area (Å²) in [6.07, 6.45) is 5.07. The second kappa shape index (κ2) is 11.5. The van der Waals surface area contributed by atoms with Gasteiger partial charge in [-0.1, -0.05) is 38.5 Å². The number of methoxy groups -OCH3 is 1. The highest BCUT2D eigenvalue weighted by Gasteiger charge is 2.19. The van der Waals surface area contributed by atoms with Crippen LogP contribution in [0.15, 0.2) is 54.1 Å². The van der Waals surface area contributed by atoms with Gasteiger partial charge in [0.15, 0.2) is 5.78 Å². The maximum atomic E-state index is 13.0. The Balaban J connectivity index is 2.35. The van der Waals surface area contributed by atoms with Crippen LogP contribution in [0.4, 0.5) is 0 Å². The first kappa shape index (κ1) is 25.9. The van der Waals surface area contributed by atoms with Crippen molar-refractivity contribution in [2.45, 2.75) is 47.0 Å². The second-order valence-electron chi connectivity index (χ2n) is 8.92. The Kier molecular flexibility index (Phi) is 9.03. The van der Waals surface area contributed by atoms with Gasteiger partial charge in [0, 0.05) is 11.1 Å². The van der Waals surface area contributed by atoms with Crippen LogP contribution in [-0.4, -0.2) is 32.1 Å². The monoisotopic (exact) mass is 450 g/mol. The third-order valence-corrected chi connectivity index (χ3v) is 5.01. The van der Waals surface area contributed by atoms with Gasteiger partial charge in [-0.05, 0) is 74.2 Å². The molecule has 5 heteroatoms. The number of esters is 1. The number of allylic oxidation sites excluding steroid dienone is 2. The average Bonchev–Trinajstić information content (AvgIpc) is 2.76. The third kappa shape index (κ3) is 7.35. The molecule has 0 atom stereocenters. The number of carbonyl (C=O) groups excluding carboxylic acids is 2. The quantitative estimate of drug-likeness (QED) is 0.191. The Labute approximate surface area is 197 Å². The summed E-state index contributed by atoms with van der Waals surface area (Å²) >= 11 is 0. The minimum Gasteiger partial charge on any atom is -0.496 e. The van der Waals surface area contributed by atoms with E-state index in [2.05, 4.69) is 20.8 Å². The molecule has 2 rings (SSSR count). The lowest BCUT2D eigenvalue weighted by atomic mass is 9.86. The molecule has 0 bridgehead atoms. The number of ketones is 1. The highest BCUT2D eigenvalue weighted by atomic mass is 16.5. The third-order valence-electron chi connectivity index (χ3n) is 5.01. The maximum Gasteiger partial charge on any atom is 0.339 e. The van der Waals surface area contributed by atoms with Crippen LogP contribution in [0.1, 0.15) is 73.4 Å². The molecule has 0 aliphatic rings. The van der Waals surface area contributed by atoms with E-state index < -0.39 is 5.97 Å². The van der Waals surface area contributed by atoms with E-state index in [9.17, 15) is 9.59 Å². The van der Waals surface area contributed by atoms with Crippen LogP contribution < -0.4 is 9.47 Å². The number of carbonyl (C=O) groups is 2. The summed E-state index contributed by atoms with van der Waals surface area (Å²) in [7, 11) is 1.60. The van der Waals surface area contributed by atoms with Crippen LogP contribution in [-0.2, 0) is 10.2 Å². The zero-order valence-corrected chi connectivity index (χ0v) is 20.7. The minimum atomic E-state index is -0.561. The Bertz CT molecular complexity index is 1050. The molecule has 0 radical (unpaired) electrons. The molecule has 2 aromatic rings. The lowest BCUT2D eigenvalue weighted by Gasteiger charge is -2.20. The van der Waals surface area contributed by atoms with E-state index in [1.165, 1.54) is 6.08 Å². The fourth-order valence-electron chi connectivity index (χ4n) is 3.08. The Morgan fingerprint density at radius 3 is 2.33 bits per heavy atom. The van der Waals surface area contributed by atoms with E-state index in [0.717, 1.165) is 16.7 Å². The van der Waals surface area contributed by atoms with Crippen molar-refractivity contribution in [1.82, 2.24) is 0 Å². The minimum absolute atomic E-state index is 0.0185. The largest absolute Gasteiger partial charge is 0.496 e. The van der Waals surface area contributed by atoms with E-state index in [4.69, 9.17) is 14.2 Å². The number of hydrogen-bond donors (Lipinski definition) is 0. The van der Waals surface area contributed by atoms with Crippen LogP contribution in [0.25, 0.3) is 6.08 Å². The molecule has 0 unspecified atom stereocenters. The van der Waals surface area contributed by atoms with Crippen molar-refractivity contribution in [3.8, 4) is 11.5 Å². The predicted octanol–water partition coefficient (Wildman–Crippen LogP) is 6.41. The summed E-state index contributed by atoms with van der Waals surface area (Å²) in [5.74, 6) is 0.306. The lowest BCUT2D eigenvalue weighted by Crippen LogP contribution is -2.12. The lowest BCUT2D eigenvalue weighted by molar-refractivity contribution is 0.0523. The first-order valence-electron chi connectivity index (χ1n) is 11.0. The van der Waals surface area contributed by atoms with Gasteiger partial charge in [-0.25, -0.2) is 4.79 Å². The maximum absolute atomic E-state index is 13.0. The molecular formula is C28H34O5. The Hall–Kier alpha value is -3.34. The summed E-state index contributed by atoms with van der Waals surface area (Å²) in [5, 5.41) is 0. The predicted molar refractivity (Wildman–Crippen MR) is 132 cm³/mol. The zero-order chi connectivity index (χ0) is 24.6. The van der Waals surface area contributed by atoms with Crippen molar-refractivity contribution < 1.29 is 23.8 Å². The highest BCUT2D eigenvalue weighted by molar-refractivity contribution is 6.13. The standard InChI is InChI=1S/C28H34O5/c1-8-32-27(30)24-18-22(33-16-15-19(2)3)12-13-23(24)25(29)14-10-20-9-11-21(28(4,5)6)17-26(20)31-7/h9-15,17-18H,8,16H2,1-7H3. The summed E-state index contributed by atoms with van der Waals surface area (Å²) in [6.45, 7) is 12.7. The second-order valence-corrected chi connectivity index (χ2v) is 8.92. The molecule has 0 saturated carbocycles. The van der Waals surface area contributed by atoms with Crippen LogP contribution in [0, 0.1) is 0 Å². The average molecular weight is 451 g/mol. The SMILES string of the molecule is CCOC(=O)c1cc(OCC=C(C)C)ccc1C(=O)C=Cc1ccc(C(C)(C)C)cc1OC. The molecule has 5 nitrogen and oxygen atoms in total. The molecule has 33 heavy (non-hydrogen) atoms. The smallest absolute Gasteiger partial charge is 0.339 e. The van der Waals surface area contributed by atoms with Gasteiger partial charge in [0.1, 0.15) is 18.1 Å². The number of benzene rings is 2. The number of ether oxygens (including phenoxy) is 3. The Morgan fingerprint density at radius 1 is 1.00 bits per heavy atom. The Morgan fingerprint density at radius 2 is 1.73 bits per heavy atom. The van der Waals surface area contributed by atoms with Gasteiger partial charge in [-0.15, -0.1) is 0 Å². The van der Waals surface area contributed by atoms with Gasteiger partial charge in [0.2, 0.25) is 0 Å². The van der Waals surface area contributed by atoms with E-state index in [1.807, 2.05) is 38.1 Å². The van der Waals surface area contributed by atoms with E-state index in [1.54, 1.807) is 38.3 Å². The summed E-state index contributed by atoms with van der Waals surface area (Å²) in [6, 6.07) is 10.8. The number of rotatable bonds is 9. The number of hydrogen-bond acceptors (Lipinski definition) is 5. The van der Waals surface area contributed by atoms with Gasteiger partial charge in [-0.3, -0.25) is 4.79 Å². The van der Waals surface area contributed by atoms with Crippen LogP contribution in [0.5, 0.6) is 11.5 Å². The van der Waals surface area contributed by atoms with E-state index >= 15 is 0 Å². The molecule has 176 valence electrons. The molecule has 0 fully saturated rings. The first-order chi connectivity index (χ1) is 15.6. The molecule has 0 aliphatic carbocycles. The fourth-order valence-corrected chi connectivity index (χ4v) is 3.08. The molecule has 0 aromatic heterocycles. The fraction of sp³-hybridized carbons (Fsp3) is 0.357. The zero-order valence-electron chi connectivity index (χ0n) is 20.7. The molecule has 0 aliphatic heterocycles. The topological polar surface area (TPSA) is 61.8 Å². The molecular weight excluding hydrogens is 416 g/mol. The molecule has 0 saturated heterocycles. The van der Waals surface area contributed by atoms with Crippen molar-refractivity contribution in [2.75, 3.05) is 20.3 Å². The molecule has 0 spiro atoms. The van der Waals surface area contributed by atoms with Crippen molar-refractivity contribution in [3.63, 3.8) is 0 Å². The summed E-state index contributed by atoms with van der Waals surface area (Å²) in [4.78, 5) is 25.5. The van der Waals surface area contributed by atoms with Crippen molar-refractivity contribution in [3.05, 3.63) is 76.4 Å². The van der Waals surface area contributed by atoms with Crippen LogP contribution in [0.2, 0.25) is 0 Å². The first-order valence-corrected chi connectivity index (χ1v) is 11.0. The molecule has 0 heterocycles. The van der Waals surface area contributed by atoms with Gasteiger partial charge >= 0.3 is 5.97 Å². The molecule has 0 amide bonds. The normalized spacial score (nSPS) is 11.2. The molecule has 2 aromatic carbocycles. The van der Waals surface area contributed by atoms with Crippen LogP contribution >= 0.6 is 0 Å². The highest BCUT2D eigenvalue weighted by Crippen LogP contribution is 2.29. The summed E-state index contributed by atoms with van der Waals surface area (Å²) in [5.41, 5.74) is 3.45. The van der Waals surface area contributed by atoms with Crippen molar-refractivity contribution in [2.24, 2.45) is 0 Å². The van der Waals surface area contributed by atoms with E-state index in [0.29, 0.717) is 18.1 Å². The van der Waals surface area contributed by atoms with Crippen molar-refractivity contribution in [1.29, 1.82) is 0 Å². The van der Waals surface area contributed by atoms with Crippen LogP contribution in [0.3, 0.4) is 0 Å².